The summed E-state index contributed by atoms with van der Waals surface area (Å²) in [6.07, 6.45) is 3.30. The number of ether oxygens (including phenoxy) is 1. The number of aromatic nitrogens is 2. The van der Waals surface area contributed by atoms with Crippen molar-refractivity contribution in [3.8, 4) is 5.75 Å². The first-order chi connectivity index (χ1) is 15.5. The Hall–Kier alpha value is -3.94. The highest BCUT2D eigenvalue weighted by Gasteiger charge is 2.32. The number of anilines is 2. The maximum absolute atomic E-state index is 13.3. The van der Waals surface area contributed by atoms with Gasteiger partial charge in [-0.05, 0) is 42.0 Å². The predicted molar refractivity (Wildman–Crippen MR) is 121 cm³/mol. The van der Waals surface area contributed by atoms with Crippen molar-refractivity contribution in [2.24, 2.45) is 0 Å². The number of hydrogen-bond donors (Lipinski definition) is 1. The zero-order chi connectivity index (χ0) is 22.5. The van der Waals surface area contributed by atoms with E-state index in [1.807, 2.05) is 41.3 Å². The van der Waals surface area contributed by atoms with Gasteiger partial charge in [0, 0.05) is 50.2 Å². The number of carbonyl (C=O) groups is 2. The van der Waals surface area contributed by atoms with Gasteiger partial charge in [-0.2, -0.15) is 0 Å². The fourth-order valence-corrected chi connectivity index (χ4v) is 3.86. The highest BCUT2D eigenvalue weighted by Crippen LogP contribution is 2.28. The first kappa shape index (κ1) is 21.3. The second-order valence-corrected chi connectivity index (χ2v) is 7.53. The van der Waals surface area contributed by atoms with E-state index in [4.69, 9.17) is 4.74 Å². The van der Waals surface area contributed by atoms with E-state index in [-0.39, 0.29) is 17.9 Å². The van der Waals surface area contributed by atoms with Gasteiger partial charge >= 0.3 is 0 Å². The quantitative estimate of drug-likeness (QED) is 0.667. The molecule has 1 unspecified atom stereocenters. The van der Waals surface area contributed by atoms with E-state index in [0.29, 0.717) is 31.1 Å². The molecule has 2 amide bonds. The van der Waals surface area contributed by atoms with Crippen LogP contribution in [0.15, 0.2) is 67.0 Å². The van der Waals surface area contributed by atoms with Gasteiger partial charge in [-0.1, -0.05) is 18.2 Å². The molecule has 2 heterocycles. The molecule has 164 valence electrons. The number of amides is 2. The summed E-state index contributed by atoms with van der Waals surface area (Å²) < 4.78 is 5.24. The lowest BCUT2D eigenvalue weighted by molar-refractivity contribution is -0.133. The lowest BCUT2D eigenvalue weighted by atomic mass is 10.0. The Morgan fingerprint density at radius 2 is 1.78 bits per heavy atom. The second-order valence-electron chi connectivity index (χ2n) is 7.53. The highest BCUT2D eigenvalue weighted by atomic mass is 16.5. The fraction of sp³-hybridized carbons (Fsp3) is 0.250. The lowest BCUT2D eigenvalue weighted by Gasteiger charge is -2.41. The van der Waals surface area contributed by atoms with Crippen LogP contribution in [0.4, 0.5) is 11.6 Å². The van der Waals surface area contributed by atoms with Crippen molar-refractivity contribution in [2.45, 2.75) is 13.0 Å². The van der Waals surface area contributed by atoms with Crippen LogP contribution in [0.1, 0.15) is 28.9 Å². The van der Waals surface area contributed by atoms with Crippen molar-refractivity contribution >= 4 is 23.5 Å². The third kappa shape index (κ3) is 4.69. The molecule has 8 heteroatoms. The number of methoxy groups -OCH3 is 1. The molecule has 1 N–H and O–H groups in total. The van der Waals surface area contributed by atoms with Gasteiger partial charge in [-0.25, -0.2) is 9.97 Å². The summed E-state index contributed by atoms with van der Waals surface area (Å²) >= 11 is 0. The van der Waals surface area contributed by atoms with E-state index < -0.39 is 0 Å². The van der Waals surface area contributed by atoms with Crippen molar-refractivity contribution in [3.63, 3.8) is 0 Å². The average Bonchev–Trinajstić information content (AvgIpc) is 2.84. The molecular weight excluding hydrogens is 406 g/mol. The molecular formula is C24H25N5O3. The molecule has 0 bridgehead atoms. The average molecular weight is 431 g/mol. The SMILES string of the molecule is COc1ccc(C2CN(C(=O)c3cccc(Nc4ncccn4)c3)CCN2C(C)=O)cc1. The van der Waals surface area contributed by atoms with Crippen molar-refractivity contribution in [3.05, 3.63) is 78.1 Å². The number of carbonyl (C=O) groups excluding carboxylic acids is 2. The monoisotopic (exact) mass is 431 g/mol. The number of hydrogen-bond acceptors (Lipinski definition) is 6. The normalized spacial score (nSPS) is 15.9. The number of nitrogens with zero attached hydrogens (tertiary/aromatic N) is 4. The summed E-state index contributed by atoms with van der Waals surface area (Å²) in [5.41, 5.74) is 2.27. The van der Waals surface area contributed by atoms with Crippen molar-refractivity contribution in [2.75, 3.05) is 32.1 Å². The van der Waals surface area contributed by atoms with Gasteiger partial charge in [0.05, 0.1) is 13.2 Å². The van der Waals surface area contributed by atoms with Crippen LogP contribution in [0.2, 0.25) is 0 Å². The summed E-state index contributed by atoms with van der Waals surface area (Å²) in [5, 5.41) is 3.11. The van der Waals surface area contributed by atoms with E-state index in [0.717, 1.165) is 17.0 Å². The van der Waals surface area contributed by atoms with Crippen LogP contribution in [0.5, 0.6) is 5.75 Å². The largest absolute Gasteiger partial charge is 0.497 e. The van der Waals surface area contributed by atoms with Crippen LogP contribution in [-0.4, -0.2) is 58.3 Å². The van der Waals surface area contributed by atoms with Crippen molar-refractivity contribution in [1.29, 1.82) is 0 Å². The smallest absolute Gasteiger partial charge is 0.254 e. The number of rotatable bonds is 5. The van der Waals surface area contributed by atoms with Gasteiger partial charge in [0.25, 0.3) is 5.91 Å². The van der Waals surface area contributed by atoms with Crippen LogP contribution >= 0.6 is 0 Å². The molecule has 8 nitrogen and oxygen atoms in total. The van der Waals surface area contributed by atoms with E-state index >= 15 is 0 Å². The molecule has 2 aromatic carbocycles. The Bertz CT molecular complexity index is 1090. The van der Waals surface area contributed by atoms with Crippen molar-refractivity contribution < 1.29 is 14.3 Å². The predicted octanol–water partition coefficient (Wildman–Crippen LogP) is 3.27. The van der Waals surface area contributed by atoms with Gasteiger partial charge in [0.15, 0.2) is 0 Å². The molecule has 4 rings (SSSR count). The minimum Gasteiger partial charge on any atom is -0.497 e. The highest BCUT2D eigenvalue weighted by molar-refractivity contribution is 5.95. The van der Waals surface area contributed by atoms with Crippen LogP contribution in [0.3, 0.4) is 0 Å². The summed E-state index contributed by atoms with van der Waals surface area (Å²) in [4.78, 5) is 37.5. The molecule has 0 spiro atoms. The Morgan fingerprint density at radius 1 is 1.03 bits per heavy atom. The second kappa shape index (κ2) is 9.47. The van der Waals surface area contributed by atoms with Gasteiger partial charge in [-0.3, -0.25) is 9.59 Å². The Kier molecular flexibility index (Phi) is 6.30. The molecule has 1 fully saturated rings. The number of benzene rings is 2. The third-order valence-corrected chi connectivity index (χ3v) is 5.50. The molecule has 3 aromatic rings. The zero-order valence-electron chi connectivity index (χ0n) is 18.1. The van der Waals surface area contributed by atoms with Gasteiger partial charge in [0.1, 0.15) is 5.75 Å². The Balaban J connectivity index is 1.53. The molecule has 1 aromatic heterocycles. The molecule has 0 saturated carbocycles. The topological polar surface area (TPSA) is 87.7 Å². The van der Waals surface area contributed by atoms with Gasteiger partial charge in [-0.15, -0.1) is 0 Å². The molecule has 32 heavy (non-hydrogen) atoms. The van der Waals surface area contributed by atoms with E-state index in [2.05, 4.69) is 15.3 Å². The Labute approximate surface area is 186 Å². The summed E-state index contributed by atoms with van der Waals surface area (Å²) in [7, 11) is 1.62. The van der Waals surface area contributed by atoms with Crippen LogP contribution in [0.25, 0.3) is 0 Å². The number of piperazine rings is 1. The zero-order valence-corrected chi connectivity index (χ0v) is 18.1. The van der Waals surface area contributed by atoms with Crippen molar-refractivity contribution in [1.82, 2.24) is 19.8 Å². The van der Waals surface area contributed by atoms with E-state index in [1.165, 1.54) is 0 Å². The molecule has 1 aliphatic heterocycles. The molecule has 0 radical (unpaired) electrons. The van der Waals surface area contributed by atoms with Crippen LogP contribution in [-0.2, 0) is 4.79 Å². The summed E-state index contributed by atoms with van der Waals surface area (Å²) in [6.45, 7) is 2.94. The fourth-order valence-electron chi connectivity index (χ4n) is 3.86. The number of nitrogens with one attached hydrogen (secondary N) is 1. The Morgan fingerprint density at radius 3 is 2.47 bits per heavy atom. The third-order valence-electron chi connectivity index (χ3n) is 5.50. The van der Waals surface area contributed by atoms with Gasteiger partial charge < -0.3 is 19.9 Å². The molecule has 1 atom stereocenters. The molecule has 1 saturated heterocycles. The maximum Gasteiger partial charge on any atom is 0.254 e. The molecule has 0 aliphatic carbocycles. The minimum atomic E-state index is -0.213. The first-order valence-corrected chi connectivity index (χ1v) is 10.4. The minimum absolute atomic E-state index is 0.00743. The lowest BCUT2D eigenvalue weighted by Crippen LogP contribution is -2.51. The van der Waals surface area contributed by atoms with E-state index in [9.17, 15) is 9.59 Å². The first-order valence-electron chi connectivity index (χ1n) is 10.4. The van der Waals surface area contributed by atoms with Crippen LogP contribution < -0.4 is 10.1 Å². The summed E-state index contributed by atoms with van der Waals surface area (Å²) in [5.74, 6) is 1.13. The standard InChI is InChI=1S/C24H25N5O3/c1-17(30)29-14-13-28(16-22(29)18-7-9-21(32-2)10-8-18)23(31)19-5-3-6-20(15-19)27-24-25-11-4-12-26-24/h3-12,15,22H,13-14,16H2,1-2H3,(H,25,26,27). The van der Waals surface area contributed by atoms with Crippen LogP contribution in [0, 0.1) is 0 Å². The molecule has 1 aliphatic rings. The van der Waals surface area contributed by atoms with Gasteiger partial charge in [0.2, 0.25) is 11.9 Å². The maximum atomic E-state index is 13.3. The van der Waals surface area contributed by atoms with E-state index in [1.54, 1.807) is 49.5 Å². The summed E-state index contributed by atoms with van der Waals surface area (Å²) in [6, 6.07) is 16.4.